The fraction of sp³-hybridized carbons (Fsp3) is 0.800. The smallest absolute Gasteiger partial charge is 0.0114 e. The van der Waals surface area contributed by atoms with Gasteiger partial charge in [-0.25, -0.2) is 0 Å². The van der Waals surface area contributed by atoms with E-state index in [-0.39, 0.29) is 0 Å². The molecule has 62 valence electrons. The summed E-state index contributed by atoms with van der Waals surface area (Å²) in [5.74, 6) is 3.56. The van der Waals surface area contributed by atoms with Crippen molar-refractivity contribution >= 4 is 0 Å². The molecule has 1 aliphatic carbocycles. The molecule has 0 aromatic rings. The Morgan fingerprint density at radius 2 is 2.00 bits per heavy atom. The normalized spacial score (nSPS) is 31.3. The summed E-state index contributed by atoms with van der Waals surface area (Å²) in [4.78, 5) is 0. The van der Waals surface area contributed by atoms with Gasteiger partial charge in [0, 0.05) is 12.5 Å². The van der Waals surface area contributed by atoms with E-state index in [9.17, 15) is 0 Å². The topological polar surface area (TPSA) is 12.0 Å². The summed E-state index contributed by atoms with van der Waals surface area (Å²) >= 11 is 0. The Bertz CT molecular complexity index is 137. The summed E-state index contributed by atoms with van der Waals surface area (Å²) in [6.07, 6.45) is 11.5. The van der Waals surface area contributed by atoms with Gasteiger partial charge in [-0.05, 0) is 38.6 Å². The lowest BCUT2D eigenvalue weighted by molar-refractivity contribution is 0.306. The molecule has 0 unspecified atom stereocenters. The fourth-order valence-corrected chi connectivity index (χ4v) is 1.82. The molecule has 0 amide bonds. The van der Waals surface area contributed by atoms with Gasteiger partial charge in [-0.15, -0.1) is 12.3 Å². The molecular formula is C10H17N. The van der Waals surface area contributed by atoms with Gasteiger partial charge in [0.25, 0.3) is 0 Å². The molecule has 1 rings (SSSR count). The van der Waals surface area contributed by atoms with E-state index in [0.717, 1.165) is 18.4 Å². The van der Waals surface area contributed by atoms with Crippen LogP contribution in [0.25, 0.3) is 0 Å². The predicted octanol–water partition coefficient (Wildman–Crippen LogP) is 1.79. The molecule has 0 bridgehead atoms. The van der Waals surface area contributed by atoms with Crippen LogP contribution >= 0.6 is 0 Å². The Morgan fingerprint density at radius 1 is 1.36 bits per heavy atom. The molecule has 0 radical (unpaired) electrons. The van der Waals surface area contributed by atoms with Crippen LogP contribution in [-0.4, -0.2) is 13.1 Å². The zero-order valence-electron chi connectivity index (χ0n) is 7.27. The zero-order valence-corrected chi connectivity index (χ0v) is 7.27. The molecule has 1 saturated carbocycles. The molecule has 1 heteroatoms. The molecule has 1 nitrogen and oxygen atoms in total. The molecule has 11 heavy (non-hydrogen) atoms. The van der Waals surface area contributed by atoms with Gasteiger partial charge in [0.05, 0.1) is 0 Å². The van der Waals surface area contributed by atoms with E-state index >= 15 is 0 Å². The Balaban J connectivity index is 2.20. The molecule has 0 atom stereocenters. The van der Waals surface area contributed by atoms with Crippen molar-refractivity contribution in [3.05, 3.63) is 0 Å². The van der Waals surface area contributed by atoms with Crippen molar-refractivity contribution in [2.24, 2.45) is 5.92 Å². The van der Waals surface area contributed by atoms with E-state index in [1.165, 1.54) is 25.7 Å². The first kappa shape index (κ1) is 8.62. The Hall–Kier alpha value is -0.480. The molecule has 0 aromatic carbocycles. The lowest BCUT2D eigenvalue weighted by atomic mass is 9.84. The van der Waals surface area contributed by atoms with E-state index in [1.807, 2.05) is 7.05 Å². The Labute approximate surface area is 69.6 Å². The van der Waals surface area contributed by atoms with Crippen molar-refractivity contribution in [3.8, 4) is 12.3 Å². The maximum absolute atomic E-state index is 5.26. The highest BCUT2D eigenvalue weighted by atomic mass is 14.9. The third-order valence-corrected chi connectivity index (χ3v) is 2.66. The highest BCUT2D eigenvalue weighted by Gasteiger charge is 2.18. The highest BCUT2D eigenvalue weighted by Crippen LogP contribution is 2.25. The SMILES string of the molecule is C#CCC1CCC(NC)CC1. The number of hydrogen-bond donors (Lipinski definition) is 1. The number of terminal acetylenes is 1. The van der Waals surface area contributed by atoms with E-state index in [1.54, 1.807) is 0 Å². The maximum Gasteiger partial charge on any atom is 0.0114 e. The van der Waals surface area contributed by atoms with E-state index in [4.69, 9.17) is 6.42 Å². The van der Waals surface area contributed by atoms with Crippen LogP contribution < -0.4 is 5.32 Å². The number of rotatable bonds is 2. The van der Waals surface area contributed by atoms with Crippen LogP contribution in [0, 0.1) is 18.3 Å². The first-order valence-corrected chi connectivity index (χ1v) is 4.47. The fourth-order valence-electron chi connectivity index (χ4n) is 1.82. The summed E-state index contributed by atoms with van der Waals surface area (Å²) in [7, 11) is 2.05. The first-order valence-electron chi connectivity index (χ1n) is 4.47. The second-order valence-electron chi connectivity index (χ2n) is 3.41. The van der Waals surface area contributed by atoms with Crippen molar-refractivity contribution in [1.29, 1.82) is 0 Å². The van der Waals surface area contributed by atoms with E-state index in [0.29, 0.717) is 0 Å². The summed E-state index contributed by atoms with van der Waals surface area (Å²) in [5, 5.41) is 3.31. The minimum atomic E-state index is 0.754. The number of hydrogen-bond acceptors (Lipinski definition) is 1. The molecule has 1 fully saturated rings. The van der Waals surface area contributed by atoms with Crippen molar-refractivity contribution in [2.75, 3.05) is 7.05 Å². The van der Waals surface area contributed by atoms with Gasteiger partial charge in [-0.1, -0.05) is 0 Å². The van der Waals surface area contributed by atoms with Gasteiger partial charge in [0.15, 0.2) is 0 Å². The van der Waals surface area contributed by atoms with Crippen LogP contribution in [0.5, 0.6) is 0 Å². The average molecular weight is 151 g/mol. The lowest BCUT2D eigenvalue weighted by Crippen LogP contribution is -2.29. The van der Waals surface area contributed by atoms with E-state index in [2.05, 4.69) is 11.2 Å². The van der Waals surface area contributed by atoms with Gasteiger partial charge < -0.3 is 5.32 Å². The van der Waals surface area contributed by atoms with Crippen LogP contribution in [0.15, 0.2) is 0 Å². The molecule has 1 aliphatic rings. The molecule has 0 heterocycles. The van der Waals surface area contributed by atoms with Gasteiger partial charge in [-0.2, -0.15) is 0 Å². The summed E-state index contributed by atoms with van der Waals surface area (Å²) in [6.45, 7) is 0. The van der Waals surface area contributed by atoms with Crippen LogP contribution in [0.1, 0.15) is 32.1 Å². The summed E-state index contributed by atoms with van der Waals surface area (Å²) < 4.78 is 0. The molecule has 0 aromatic heterocycles. The van der Waals surface area contributed by atoms with Gasteiger partial charge in [-0.3, -0.25) is 0 Å². The third-order valence-electron chi connectivity index (χ3n) is 2.66. The van der Waals surface area contributed by atoms with Crippen LogP contribution in [0.3, 0.4) is 0 Å². The van der Waals surface area contributed by atoms with Gasteiger partial charge >= 0.3 is 0 Å². The monoisotopic (exact) mass is 151 g/mol. The first-order chi connectivity index (χ1) is 5.36. The molecule has 0 saturated heterocycles. The minimum absolute atomic E-state index is 0.754. The maximum atomic E-state index is 5.26. The quantitative estimate of drug-likeness (QED) is 0.593. The summed E-state index contributed by atoms with van der Waals surface area (Å²) in [6, 6.07) is 0.754. The predicted molar refractivity (Wildman–Crippen MR) is 48.3 cm³/mol. The molecule has 0 spiro atoms. The van der Waals surface area contributed by atoms with Crippen molar-refractivity contribution in [3.63, 3.8) is 0 Å². The standard InChI is InChI=1S/C10H17N/c1-3-4-9-5-7-10(11-2)8-6-9/h1,9-11H,4-8H2,2H3. The molecule has 1 N–H and O–H groups in total. The molecule has 0 aliphatic heterocycles. The molecular weight excluding hydrogens is 134 g/mol. The number of nitrogens with one attached hydrogen (secondary N) is 1. The third kappa shape index (κ3) is 2.55. The van der Waals surface area contributed by atoms with Crippen LogP contribution in [-0.2, 0) is 0 Å². The summed E-state index contributed by atoms with van der Waals surface area (Å²) in [5.41, 5.74) is 0. The second-order valence-corrected chi connectivity index (χ2v) is 3.41. The second kappa shape index (κ2) is 4.41. The van der Waals surface area contributed by atoms with Crippen molar-refractivity contribution in [1.82, 2.24) is 5.32 Å². The van der Waals surface area contributed by atoms with E-state index < -0.39 is 0 Å². The van der Waals surface area contributed by atoms with Crippen molar-refractivity contribution < 1.29 is 0 Å². The van der Waals surface area contributed by atoms with Gasteiger partial charge in [0.1, 0.15) is 0 Å². The Morgan fingerprint density at radius 3 is 2.45 bits per heavy atom. The van der Waals surface area contributed by atoms with Crippen LogP contribution in [0.2, 0.25) is 0 Å². The Kier molecular flexibility index (Phi) is 3.45. The average Bonchev–Trinajstić information content (AvgIpc) is 2.07. The lowest BCUT2D eigenvalue weighted by Gasteiger charge is -2.26. The van der Waals surface area contributed by atoms with Gasteiger partial charge in [0.2, 0.25) is 0 Å². The minimum Gasteiger partial charge on any atom is -0.317 e. The van der Waals surface area contributed by atoms with Crippen molar-refractivity contribution in [2.45, 2.75) is 38.1 Å². The largest absolute Gasteiger partial charge is 0.317 e. The highest BCUT2D eigenvalue weighted by molar-refractivity contribution is 4.89. The van der Waals surface area contributed by atoms with Crippen LogP contribution in [0.4, 0.5) is 0 Å². The zero-order chi connectivity index (χ0) is 8.10.